The lowest BCUT2D eigenvalue weighted by Crippen LogP contribution is -2.12. The van der Waals surface area contributed by atoms with Gasteiger partial charge in [0.25, 0.3) is 5.91 Å². The molecule has 0 bridgehead atoms. The van der Waals surface area contributed by atoms with Gasteiger partial charge in [-0.15, -0.1) is 0 Å². The number of carbonyl (C=O) groups is 2. The topological polar surface area (TPSA) is 95.9 Å². The molecular formula is C15H13NO5. The van der Waals surface area contributed by atoms with Gasteiger partial charge < -0.3 is 20.3 Å². The van der Waals surface area contributed by atoms with E-state index in [0.29, 0.717) is 5.69 Å². The number of carbonyl (C=O) groups excluding carboxylic acids is 2. The molecule has 21 heavy (non-hydrogen) atoms. The summed E-state index contributed by atoms with van der Waals surface area (Å²) in [7, 11) is 1.26. The number of methoxy groups -OCH3 is 1. The van der Waals surface area contributed by atoms with Crippen LogP contribution in [-0.4, -0.2) is 29.2 Å². The highest BCUT2D eigenvalue weighted by molar-refractivity contribution is 6.06. The lowest BCUT2D eigenvalue weighted by atomic mass is 10.1. The number of aromatic hydroxyl groups is 2. The predicted molar refractivity (Wildman–Crippen MR) is 75.5 cm³/mol. The van der Waals surface area contributed by atoms with Crippen molar-refractivity contribution in [3.05, 3.63) is 53.6 Å². The van der Waals surface area contributed by atoms with Gasteiger partial charge >= 0.3 is 5.97 Å². The Bertz CT molecular complexity index is 696. The molecule has 6 nitrogen and oxygen atoms in total. The number of hydrogen-bond donors (Lipinski definition) is 3. The summed E-state index contributed by atoms with van der Waals surface area (Å²) in [6, 6.07) is 9.80. The van der Waals surface area contributed by atoms with E-state index in [4.69, 9.17) is 0 Å². The van der Waals surface area contributed by atoms with E-state index in [1.165, 1.54) is 25.3 Å². The number of benzene rings is 2. The minimum Gasteiger partial charge on any atom is -0.508 e. The van der Waals surface area contributed by atoms with Crippen molar-refractivity contribution in [3.63, 3.8) is 0 Å². The first-order chi connectivity index (χ1) is 10.0. The molecule has 0 radical (unpaired) electrons. The Balaban J connectivity index is 2.23. The highest BCUT2D eigenvalue weighted by Crippen LogP contribution is 2.23. The fourth-order valence-electron chi connectivity index (χ4n) is 1.75. The molecular weight excluding hydrogens is 274 g/mol. The molecule has 0 unspecified atom stereocenters. The van der Waals surface area contributed by atoms with E-state index in [1.807, 2.05) is 0 Å². The third-order valence-electron chi connectivity index (χ3n) is 2.77. The van der Waals surface area contributed by atoms with Crippen molar-refractivity contribution in [2.75, 3.05) is 12.4 Å². The van der Waals surface area contributed by atoms with Gasteiger partial charge in [0.1, 0.15) is 11.5 Å². The van der Waals surface area contributed by atoms with Gasteiger partial charge in [-0.25, -0.2) is 4.79 Å². The lowest BCUT2D eigenvalue weighted by molar-refractivity contribution is 0.0600. The van der Waals surface area contributed by atoms with Gasteiger partial charge in [0, 0.05) is 5.69 Å². The Morgan fingerprint density at radius 2 is 1.86 bits per heavy atom. The molecule has 3 N–H and O–H groups in total. The molecule has 0 saturated carbocycles. The molecule has 0 aliphatic rings. The largest absolute Gasteiger partial charge is 0.508 e. The molecule has 2 rings (SSSR count). The molecule has 0 heterocycles. The number of phenols is 2. The summed E-state index contributed by atoms with van der Waals surface area (Å²) >= 11 is 0. The summed E-state index contributed by atoms with van der Waals surface area (Å²) < 4.78 is 4.59. The van der Waals surface area contributed by atoms with E-state index in [-0.39, 0.29) is 22.6 Å². The van der Waals surface area contributed by atoms with Crippen molar-refractivity contribution >= 4 is 17.6 Å². The maximum Gasteiger partial charge on any atom is 0.337 e. The summed E-state index contributed by atoms with van der Waals surface area (Å²) in [6.07, 6.45) is 0. The smallest absolute Gasteiger partial charge is 0.337 e. The Kier molecular flexibility index (Phi) is 4.08. The quantitative estimate of drug-likeness (QED) is 0.593. The van der Waals surface area contributed by atoms with Crippen LogP contribution in [0.1, 0.15) is 20.7 Å². The van der Waals surface area contributed by atoms with Crippen molar-refractivity contribution in [2.24, 2.45) is 0 Å². The summed E-state index contributed by atoms with van der Waals surface area (Å²) in [5, 5.41) is 21.5. The zero-order valence-corrected chi connectivity index (χ0v) is 11.2. The van der Waals surface area contributed by atoms with Crippen LogP contribution in [0.4, 0.5) is 5.69 Å². The first kappa shape index (κ1) is 14.4. The average molecular weight is 287 g/mol. The Labute approximate surface area is 120 Å². The molecule has 0 atom stereocenters. The molecule has 0 aromatic heterocycles. The van der Waals surface area contributed by atoms with E-state index in [0.717, 1.165) is 6.07 Å². The molecule has 0 aliphatic heterocycles. The monoisotopic (exact) mass is 287 g/mol. The standard InChI is InChI=1S/C15H13NO5/c1-21-15(20)9-3-2-4-10(7-9)16-14(19)12-8-11(17)5-6-13(12)18/h2-8,17-18H,1H3,(H,16,19). The molecule has 0 saturated heterocycles. The normalized spacial score (nSPS) is 9.95. The summed E-state index contributed by atoms with van der Waals surface area (Å²) in [6.45, 7) is 0. The Hall–Kier alpha value is -3.02. The highest BCUT2D eigenvalue weighted by atomic mass is 16.5. The molecule has 0 fully saturated rings. The van der Waals surface area contributed by atoms with Crippen LogP contribution in [0.15, 0.2) is 42.5 Å². The van der Waals surface area contributed by atoms with Crippen molar-refractivity contribution in [2.45, 2.75) is 0 Å². The Morgan fingerprint density at radius 3 is 2.57 bits per heavy atom. The van der Waals surface area contributed by atoms with Gasteiger partial charge in [0.2, 0.25) is 0 Å². The minimum atomic E-state index is -0.606. The number of nitrogens with one attached hydrogen (secondary N) is 1. The Morgan fingerprint density at radius 1 is 1.10 bits per heavy atom. The molecule has 6 heteroatoms. The molecule has 1 amide bonds. The average Bonchev–Trinajstić information content (AvgIpc) is 2.49. The molecule has 2 aromatic carbocycles. The first-order valence-corrected chi connectivity index (χ1v) is 6.03. The maximum absolute atomic E-state index is 12.0. The third-order valence-corrected chi connectivity index (χ3v) is 2.77. The first-order valence-electron chi connectivity index (χ1n) is 6.03. The van der Waals surface area contributed by atoms with Gasteiger partial charge in [-0.3, -0.25) is 4.79 Å². The van der Waals surface area contributed by atoms with Crippen LogP contribution in [0.25, 0.3) is 0 Å². The van der Waals surface area contributed by atoms with Crippen molar-refractivity contribution in [1.82, 2.24) is 0 Å². The van der Waals surface area contributed by atoms with Crippen LogP contribution >= 0.6 is 0 Å². The molecule has 0 spiro atoms. The maximum atomic E-state index is 12.0. The number of phenolic OH excluding ortho intramolecular Hbond substituents is 2. The number of ether oxygens (including phenoxy) is 1. The van der Waals surface area contributed by atoms with Gasteiger partial charge in [-0.2, -0.15) is 0 Å². The van der Waals surface area contributed by atoms with Gasteiger partial charge in [-0.05, 0) is 36.4 Å². The van der Waals surface area contributed by atoms with Gasteiger partial charge in [-0.1, -0.05) is 6.07 Å². The second-order valence-electron chi connectivity index (χ2n) is 4.23. The van der Waals surface area contributed by atoms with Crippen LogP contribution in [0.5, 0.6) is 11.5 Å². The second-order valence-corrected chi connectivity index (χ2v) is 4.23. The van der Waals surface area contributed by atoms with E-state index >= 15 is 0 Å². The summed E-state index contributed by atoms with van der Waals surface area (Å²) in [4.78, 5) is 23.5. The van der Waals surface area contributed by atoms with Gasteiger partial charge in [0.05, 0.1) is 18.2 Å². The second kappa shape index (κ2) is 5.96. The SMILES string of the molecule is COC(=O)c1cccc(NC(=O)c2cc(O)ccc2O)c1. The molecule has 108 valence electrons. The third kappa shape index (κ3) is 3.30. The fourth-order valence-corrected chi connectivity index (χ4v) is 1.75. The number of rotatable bonds is 3. The predicted octanol–water partition coefficient (Wildman–Crippen LogP) is 2.14. The number of anilines is 1. The van der Waals surface area contributed by atoms with Crippen LogP contribution in [0.2, 0.25) is 0 Å². The van der Waals surface area contributed by atoms with Gasteiger partial charge in [0.15, 0.2) is 0 Å². The summed E-state index contributed by atoms with van der Waals surface area (Å²) in [5.41, 5.74) is 0.583. The molecule has 2 aromatic rings. The van der Waals surface area contributed by atoms with E-state index in [1.54, 1.807) is 18.2 Å². The van der Waals surface area contributed by atoms with Crippen LogP contribution in [0.3, 0.4) is 0 Å². The minimum absolute atomic E-state index is 0.0709. The zero-order valence-electron chi connectivity index (χ0n) is 11.2. The van der Waals surface area contributed by atoms with E-state index in [9.17, 15) is 19.8 Å². The fraction of sp³-hybridized carbons (Fsp3) is 0.0667. The summed E-state index contributed by atoms with van der Waals surface area (Å²) in [5.74, 6) is -1.52. The van der Waals surface area contributed by atoms with Crippen LogP contribution in [-0.2, 0) is 4.74 Å². The highest BCUT2D eigenvalue weighted by Gasteiger charge is 2.13. The zero-order chi connectivity index (χ0) is 15.4. The van der Waals surface area contributed by atoms with Crippen LogP contribution < -0.4 is 5.32 Å². The lowest BCUT2D eigenvalue weighted by Gasteiger charge is -2.08. The van der Waals surface area contributed by atoms with E-state index in [2.05, 4.69) is 10.1 Å². The number of hydrogen-bond acceptors (Lipinski definition) is 5. The van der Waals surface area contributed by atoms with Crippen LogP contribution in [0, 0.1) is 0 Å². The van der Waals surface area contributed by atoms with Crippen molar-refractivity contribution in [1.29, 1.82) is 0 Å². The molecule has 0 aliphatic carbocycles. The van der Waals surface area contributed by atoms with Crippen molar-refractivity contribution in [3.8, 4) is 11.5 Å². The van der Waals surface area contributed by atoms with E-state index < -0.39 is 11.9 Å². The number of esters is 1. The van der Waals surface area contributed by atoms with Crippen molar-refractivity contribution < 1.29 is 24.5 Å². The number of amides is 1.